The Morgan fingerprint density at radius 3 is 2.69 bits per heavy atom. The normalized spacial score (nSPS) is 10.1. The van der Waals surface area contributed by atoms with Crippen molar-refractivity contribution in [3.63, 3.8) is 0 Å². The Morgan fingerprint density at radius 2 is 2.15 bits per heavy atom. The number of ether oxygens (including phenoxy) is 1. The molecule has 1 rings (SSSR count). The fourth-order valence-corrected chi connectivity index (χ4v) is 0.840. The zero-order valence-electron chi connectivity index (χ0n) is 6.63. The van der Waals surface area contributed by atoms with E-state index in [0.717, 1.165) is 0 Å². The van der Waals surface area contributed by atoms with Crippen LogP contribution >= 0.6 is 0 Å². The molecule has 0 aromatic heterocycles. The largest absolute Gasteiger partial charge is 0.435 e. The van der Waals surface area contributed by atoms with Gasteiger partial charge in [0.25, 0.3) is 0 Å². The molecule has 3 N–H and O–H groups in total. The third-order valence-electron chi connectivity index (χ3n) is 1.37. The Morgan fingerprint density at radius 1 is 1.46 bits per heavy atom. The molecule has 5 heteroatoms. The van der Waals surface area contributed by atoms with Crippen molar-refractivity contribution in [2.24, 2.45) is 5.73 Å². The molecule has 0 bridgehead atoms. The second-order valence-electron chi connectivity index (χ2n) is 2.32. The molecule has 0 atom stereocenters. The maximum Gasteiger partial charge on any atom is 0.387 e. The van der Waals surface area contributed by atoms with Crippen LogP contribution < -0.4 is 10.5 Å². The van der Waals surface area contributed by atoms with Gasteiger partial charge in [0.2, 0.25) is 0 Å². The first-order valence-electron chi connectivity index (χ1n) is 3.49. The molecular weight excluding hydrogens is 178 g/mol. The first-order valence-corrected chi connectivity index (χ1v) is 3.49. The van der Waals surface area contributed by atoms with E-state index in [2.05, 4.69) is 4.74 Å². The molecule has 0 spiro atoms. The molecule has 0 saturated carbocycles. The van der Waals surface area contributed by atoms with Crippen molar-refractivity contribution >= 4 is 5.84 Å². The molecule has 0 aliphatic carbocycles. The number of benzene rings is 1. The number of nitrogen functional groups attached to an aromatic ring is 1. The summed E-state index contributed by atoms with van der Waals surface area (Å²) < 4.78 is 27.6. The number of amidine groups is 1. The predicted molar refractivity (Wildman–Crippen MR) is 44.1 cm³/mol. The first-order chi connectivity index (χ1) is 6.09. The summed E-state index contributed by atoms with van der Waals surface area (Å²) in [7, 11) is 0. The highest BCUT2D eigenvalue weighted by atomic mass is 19.3. The Hall–Kier alpha value is -1.65. The summed E-state index contributed by atoms with van der Waals surface area (Å²) in [5.41, 5.74) is 5.51. The molecule has 0 unspecified atom stereocenters. The van der Waals surface area contributed by atoms with Gasteiger partial charge in [-0.25, -0.2) is 0 Å². The van der Waals surface area contributed by atoms with Crippen LogP contribution in [0.3, 0.4) is 0 Å². The molecule has 1 aromatic rings. The van der Waals surface area contributed by atoms with Gasteiger partial charge < -0.3 is 10.5 Å². The molecule has 70 valence electrons. The van der Waals surface area contributed by atoms with Crippen molar-refractivity contribution in [1.82, 2.24) is 0 Å². The second kappa shape index (κ2) is 3.84. The van der Waals surface area contributed by atoms with E-state index in [1.165, 1.54) is 18.2 Å². The van der Waals surface area contributed by atoms with Gasteiger partial charge in [-0.15, -0.1) is 0 Å². The highest BCUT2D eigenvalue weighted by Crippen LogP contribution is 2.15. The van der Waals surface area contributed by atoms with Gasteiger partial charge in [0.05, 0.1) is 0 Å². The van der Waals surface area contributed by atoms with Crippen LogP contribution in [0.15, 0.2) is 24.3 Å². The molecule has 0 fully saturated rings. The number of alkyl halides is 2. The van der Waals surface area contributed by atoms with Crippen molar-refractivity contribution in [3.05, 3.63) is 29.8 Å². The number of rotatable bonds is 3. The average Bonchev–Trinajstić information content (AvgIpc) is 2.03. The van der Waals surface area contributed by atoms with Gasteiger partial charge in [0, 0.05) is 5.56 Å². The summed E-state index contributed by atoms with van der Waals surface area (Å²) in [4.78, 5) is 0. The third-order valence-corrected chi connectivity index (χ3v) is 1.37. The van der Waals surface area contributed by atoms with E-state index >= 15 is 0 Å². The van der Waals surface area contributed by atoms with Crippen molar-refractivity contribution in [3.8, 4) is 5.75 Å². The van der Waals surface area contributed by atoms with Crippen LogP contribution in [-0.2, 0) is 0 Å². The quantitative estimate of drug-likeness (QED) is 0.556. The Labute approximate surface area is 73.6 Å². The fraction of sp³-hybridized carbons (Fsp3) is 0.125. The molecule has 0 amide bonds. The summed E-state index contributed by atoms with van der Waals surface area (Å²) >= 11 is 0. The number of nitrogens with two attached hydrogens (primary N) is 1. The lowest BCUT2D eigenvalue weighted by molar-refractivity contribution is -0.0498. The minimum absolute atomic E-state index is 0.00250. The molecule has 13 heavy (non-hydrogen) atoms. The summed E-state index contributed by atoms with van der Waals surface area (Å²) in [6.45, 7) is -2.86. The van der Waals surface area contributed by atoms with Gasteiger partial charge in [-0.1, -0.05) is 12.1 Å². The van der Waals surface area contributed by atoms with Crippen LogP contribution in [0, 0.1) is 5.41 Å². The molecule has 0 aliphatic heterocycles. The molecule has 0 radical (unpaired) electrons. The fourth-order valence-electron chi connectivity index (χ4n) is 0.840. The van der Waals surface area contributed by atoms with Gasteiger partial charge in [-0.3, -0.25) is 5.41 Å². The van der Waals surface area contributed by atoms with Crippen LogP contribution in [-0.4, -0.2) is 12.4 Å². The second-order valence-corrected chi connectivity index (χ2v) is 2.32. The monoisotopic (exact) mass is 186 g/mol. The topological polar surface area (TPSA) is 59.1 Å². The van der Waals surface area contributed by atoms with Crippen molar-refractivity contribution < 1.29 is 13.5 Å². The first kappa shape index (κ1) is 9.44. The molecule has 0 aliphatic rings. The van der Waals surface area contributed by atoms with Crippen LogP contribution in [0.2, 0.25) is 0 Å². The molecule has 1 aromatic carbocycles. The van der Waals surface area contributed by atoms with Gasteiger partial charge in [0.1, 0.15) is 11.6 Å². The van der Waals surface area contributed by atoms with Gasteiger partial charge in [-0.05, 0) is 12.1 Å². The Balaban J connectivity index is 2.85. The number of hydrogen-bond donors (Lipinski definition) is 2. The van der Waals surface area contributed by atoms with Crippen LogP contribution in [0.5, 0.6) is 5.75 Å². The lowest BCUT2D eigenvalue weighted by Crippen LogP contribution is -2.11. The average molecular weight is 186 g/mol. The third kappa shape index (κ3) is 2.70. The smallest absolute Gasteiger partial charge is 0.387 e. The number of nitrogens with one attached hydrogen (secondary N) is 1. The Kier molecular flexibility index (Phi) is 2.79. The van der Waals surface area contributed by atoms with Crippen molar-refractivity contribution in [1.29, 1.82) is 5.41 Å². The number of hydrogen-bond acceptors (Lipinski definition) is 2. The minimum Gasteiger partial charge on any atom is -0.435 e. The van der Waals surface area contributed by atoms with Crippen molar-refractivity contribution in [2.45, 2.75) is 6.61 Å². The van der Waals surface area contributed by atoms with E-state index in [1.54, 1.807) is 6.07 Å². The molecule has 0 saturated heterocycles. The SMILES string of the molecule is N=C(N)c1cccc(OC(F)F)c1. The zero-order valence-corrected chi connectivity index (χ0v) is 6.63. The van der Waals surface area contributed by atoms with E-state index in [-0.39, 0.29) is 11.6 Å². The highest BCUT2D eigenvalue weighted by Gasteiger charge is 2.04. The summed E-state index contributed by atoms with van der Waals surface area (Å²) in [6.07, 6.45) is 0. The van der Waals surface area contributed by atoms with Crippen LogP contribution in [0.25, 0.3) is 0 Å². The summed E-state index contributed by atoms with van der Waals surface area (Å²) in [5, 5.41) is 7.05. The van der Waals surface area contributed by atoms with E-state index < -0.39 is 6.61 Å². The summed E-state index contributed by atoms with van der Waals surface area (Å²) in [5.74, 6) is -0.178. The zero-order chi connectivity index (χ0) is 9.84. The van der Waals surface area contributed by atoms with Crippen LogP contribution in [0.4, 0.5) is 8.78 Å². The minimum atomic E-state index is -2.86. The number of halogens is 2. The van der Waals surface area contributed by atoms with Crippen molar-refractivity contribution in [2.75, 3.05) is 0 Å². The summed E-state index contributed by atoms with van der Waals surface area (Å²) in [6, 6.07) is 5.70. The highest BCUT2D eigenvalue weighted by molar-refractivity contribution is 5.95. The molecule has 3 nitrogen and oxygen atoms in total. The van der Waals surface area contributed by atoms with E-state index in [1.807, 2.05) is 0 Å². The van der Waals surface area contributed by atoms with E-state index in [4.69, 9.17) is 11.1 Å². The van der Waals surface area contributed by atoms with Gasteiger partial charge >= 0.3 is 6.61 Å². The van der Waals surface area contributed by atoms with E-state index in [0.29, 0.717) is 5.56 Å². The predicted octanol–water partition coefficient (Wildman–Crippen LogP) is 1.57. The maximum absolute atomic E-state index is 11.7. The molecular formula is C8H8F2N2O. The maximum atomic E-state index is 11.7. The Bertz CT molecular complexity index is 315. The van der Waals surface area contributed by atoms with Gasteiger partial charge in [0.15, 0.2) is 0 Å². The lowest BCUT2D eigenvalue weighted by atomic mass is 10.2. The molecule has 0 heterocycles. The lowest BCUT2D eigenvalue weighted by Gasteiger charge is -2.05. The van der Waals surface area contributed by atoms with Crippen LogP contribution in [0.1, 0.15) is 5.56 Å². The van der Waals surface area contributed by atoms with E-state index in [9.17, 15) is 8.78 Å². The van der Waals surface area contributed by atoms with Gasteiger partial charge in [-0.2, -0.15) is 8.78 Å². The standard InChI is InChI=1S/C8H8F2N2O/c9-8(10)13-6-3-1-2-5(4-6)7(11)12/h1-4,8H,(H3,11,12).